The smallest absolute Gasteiger partial charge is 0.168 e. The van der Waals surface area contributed by atoms with Gasteiger partial charge in [-0.05, 0) is 23.9 Å². The molecular weight excluding hydrogens is 320 g/mol. The third kappa shape index (κ3) is 2.12. The summed E-state index contributed by atoms with van der Waals surface area (Å²) in [6.07, 6.45) is 2.27. The number of halogens is 1. The number of allylic oxidation sites excluding steroid dienone is 1. The molecule has 0 aliphatic carbocycles. The van der Waals surface area contributed by atoms with E-state index in [1.165, 1.54) is 31.4 Å². The van der Waals surface area contributed by atoms with E-state index in [2.05, 4.69) is 34.3 Å². The van der Waals surface area contributed by atoms with E-state index in [0.717, 1.165) is 31.0 Å². The summed E-state index contributed by atoms with van der Waals surface area (Å²) in [5.74, 6) is 0. The number of thioether (sulfide) groups is 1. The number of benzene rings is 1. The first-order valence-electron chi connectivity index (χ1n) is 7.18. The molecule has 4 rings (SSSR count). The fourth-order valence-electron chi connectivity index (χ4n) is 2.96. The highest BCUT2D eigenvalue weighted by Gasteiger charge is 2.33. The standard InChI is InChI=1S/C16H15ClN2S2/c1-2-3-13-14(19-8-7-18-16(19)21-13)10-4-5-12(17)15-11(10)6-9-20-15/h4-6,9H,2-3,7-8H2,1H3. The molecule has 0 saturated carbocycles. The summed E-state index contributed by atoms with van der Waals surface area (Å²) < 4.78 is 1.19. The molecule has 1 aromatic heterocycles. The van der Waals surface area contributed by atoms with Crippen LogP contribution >= 0.6 is 34.7 Å². The van der Waals surface area contributed by atoms with Crippen LogP contribution in [0, 0.1) is 0 Å². The first kappa shape index (κ1) is 13.7. The second kappa shape index (κ2) is 5.34. The van der Waals surface area contributed by atoms with Gasteiger partial charge in [-0.25, -0.2) is 0 Å². The van der Waals surface area contributed by atoms with E-state index in [1.807, 2.05) is 17.8 Å². The molecule has 5 heteroatoms. The lowest BCUT2D eigenvalue weighted by molar-refractivity contribution is 0.646. The maximum Gasteiger partial charge on any atom is 0.168 e. The lowest BCUT2D eigenvalue weighted by Gasteiger charge is -2.18. The van der Waals surface area contributed by atoms with Crippen molar-refractivity contribution < 1.29 is 0 Å². The summed E-state index contributed by atoms with van der Waals surface area (Å²) in [6, 6.07) is 6.39. The summed E-state index contributed by atoms with van der Waals surface area (Å²) in [5.41, 5.74) is 2.66. The van der Waals surface area contributed by atoms with Crippen molar-refractivity contribution in [2.75, 3.05) is 13.1 Å². The second-order valence-electron chi connectivity index (χ2n) is 5.20. The predicted molar refractivity (Wildman–Crippen MR) is 95.3 cm³/mol. The Morgan fingerprint density at radius 3 is 3.10 bits per heavy atom. The highest BCUT2D eigenvalue weighted by Crippen LogP contribution is 2.46. The molecule has 0 unspecified atom stereocenters. The van der Waals surface area contributed by atoms with E-state index in [9.17, 15) is 0 Å². The predicted octanol–water partition coefficient (Wildman–Crippen LogP) is 5.44. The molecule has 2 aliphatic rings. The summed E-state index contributed by atoms with van der Waals surface area (Å²) in [7, 11) is 0. The van der Waals surface area contributed by atoms with E-state index in [1.54, 1.807) is 11.3 Å². The maximum absolute atomic E-state index is 6.34. The Morgan fingerprint density at radius 1 is 1.33 bits per heavy atom. The molecular formula is C16H15ClN2S2. The van der Waals surface area contributed by atoms with Crippen LogP contribution in [0.3, 0.4) is 0 Å². The van der Waals surface area contributed by atoms with Crippen LogP contribution in [0.5, 0.6) is 0 Å². The average molecular weight is 335 g/mol. The van der Waals surface area contributed by atoms with Gasteiger partial charge in [0.1, 0.15) is 0 Å². The van der Waals surface area contributed by atoms with E-state index in [-0.39, 0.29) is 0 Å². The van der Waals surface area contributed by atoms with Crippen LogP contribution in [0.2, 0.25) is 5.02 Å². The van der Waals surface area contributed by atoms with E-state index < -0.39 is 0 Å². The molecule has 0 fully saturated rings. The number of rotatable bonds is 3. The van der Waals surface area contributed by atoms with Crippen LogP contribution in [-0.2, 0) is 0 Å². The molecule has 0 bridgehead atoms. The Labute approximate surface area is 137 Å². The molecule has 108 valence electrons. The van der Waals surface area contributed by atoms with Gasteiger partial charge in [0.15, 0.2) is 5.17 Å². The normalized spacial score (nSPS) is 17.8. The van der Waals surface area contributed by atoms with Gasteiger partial charge in [0, 0.05) is 22.4 Å². The van der Waals surface area contributed by atoms with Gasteiger partial charge in [-0.15, -0.1) is 11.3 Å². The van der Waals surface area contributed by atoms with Crippen LogP contribution in [0.4, 0.5) is 0 Å². The first-order valence-corrected chi connectivity index (χ1v) is 9.26. The van der Waals surface area contributed by atoms with Crippen LogP contribution in [0.15, 0.2) is 33.5 Å². The van der Waals surface area contributed by atoms with Gasteiger partial charge in [0.2, 0.25) is 0 Å². The Hall–Kier alpha value is -0.970. The summed E-state index contributed by atoms with van der Waals surface area (Å²) in [5, 5.41) is 5.42. The van der Waals surface area contributed by atoms with Crippen LogP contribution < -0.4 is 0 Å². The SMILES string of the molecule is CCCC1=C(c2ccc(Cl)c3sccc23)N2CCN=C2S1. The van der Waals surface area contributed by atoms with Crippen molar-refractivity contribution in [2.45, 2.75) is 19.8 Å². The third-order valence-corrected chi connectivity index (χ3v) is 6.40. The van der Waals surface area contributed by atoms with Crippen LogP contribution in [0.1, 0.15) is 25.3 Å². The molecule has 21 heavy (non-hydrogen) atoms. The number of thiophene rings is 1. The van der Waals surface area contributed by atoms with Crippen molar-refractivity contribution in [3.05, 3.63) is 39.1 Å². The fraction of sp³-hybridized carbons (Fsp3) is 0.312. The highest BCUT2D eigenvalue weighted by atomic mass is 35.5. The Morgan fingerprint density at radius 2 is 2.24 bits per heavy atom. The van der Waals surface area contributed by atoms with Crippen molar-refractivity contribution in [1.82, 2.24) is 4.90 Å². The molecule has 2 aliphatic heterocycles. The minimum atomic E-state index is 0.849. The van der Waals surface area contributed by atoms with E-state index in [0.29, 0.717) is 0 Å². The third-order valence-electron chi connectivity index (χ3n) is 3.85. The van der Waals surface area contributed by atoms with Gasteiger partial charge in [0.25, 0.3) is 0 Å². The van der Waals surface area contributed by atoms with Gasteiger partial charge in [-0.2, -0.15) is 0 Å². The molecule has 3 heterocycles. The van der Waals surface area contributed by atoms with Crippen LogP contribution in [0.25, 0.3) is 15.8 Å². The molecule has 0 radical (unpaired) electrons. The number of nitrogens with zero attached hydrogens (tertiary/aromatic N) is 2. The van der Waals surface area contributed by atoms with Crippen molar-refractivity contribution in [3.8, 4) is 0 Å². The highest BCUT2D eigenvalue weighted by molar-refractivity contribution is 8.17. The van der Waals surface area contributed by atoms with Gasteiger partial charge in [-0.1, -0.05) is 42.8 Å². The monoisotopic (exact) mass is 334 g/mol. The molecule has 2 nitrogen and oxygen atoms in total. The average Bonchev–Trinajstić information content (AvgIpc) is 3.15. The summed E-state index contributed by atoms with van der Waals surface area (Å²) >= 11 is 9.90. The second-order valence-corrected chi connectivity index (χ2v) is 7.58. The van der Waals surface area contributed by atoms with Gasteiger partial charge in [0.05, 0.1) is 22.0 Å². The van der Waals surface area contributed by atoms with Crippen molar-refractivity contribution in [1.29, 1.82) is 0 Å². The first-order chi connectivity index (χ1) is 10.3. The lowest BCUT2D eigenvalue weighted by atomic mass is 10.0. The largest absolute Gasteiger partial charge is 0.318 e. The van der Waals surface area contributed by atoms with Crippen molar-refractivity contribution in [2.24, 2.45) is 4.99 Å². The fourth-order valence-corrected chi connectivity index (χ4v) is 5.37. The molecule has 2 aromatic rings. The number of hydrogen-bond acceptors (Lipinski definition) is 4. The zero-order valence-corrected chi connectivity index (χ0v) is 14.1. The summed E-state index contributed by atoms with van der Waals surface area (Å²) in [6.45, 7) is 4.14. The van der Waals surface area contributed by atoms with Gasteiger partial charge in [-0.3, -0.25) is 4.99 Å². The number of hydrogen-bond donors (Lipinski definition) is 0. The zero-order valence-electron chi connectivity index (χ0n) is 11.7. The van der Waals surface area contributed by atoms with Gasteiger partial charge < -0.3 is 4.90 Å². The molecule has 0 atom stereocenters. The van der Waals surface area contributed by atoms with Crippen molar-refractivity contribution >= 4 is 55.7 Å². The Kier molecular flexibility index (Phi) is 3.48. The van der Waals surface area contributed by atoms with E-state index >= 15 is 0 Å². The lowest BCUT2D eigenvalue weighted by Crippen LogP contribution is -2.20. The molecule has 0 spiro atoms. The number of amidine groups is 1. The topological polar surface area (TPSA) is 15.6 Å². The Bertz CT molecular complexity index is 776. The van der Waals surface area contributed by atoms with E-state index in [4.69, 9.17) is 11.6 Å². The Balaban J connectivity index is 1.92. The minimum absolute atomic E-state index is 0.849. The summed E-state index contributed by atoms with van der Waals surface area (Å²) in [4.78, 5) is 8.47. The number of fused-ring (bicyclic) bond motifs is 2. The molecule has 0 saturated heterocycles. The molecule has 0 amide bonds. The van der Waals surface area contributed by atoms with Crippen LogP contribution in [-0.4, -0.2) is 23.2 Å². The molecule has 0 N–H and O–H groups in total. The minimum Gasteiger partial charge on any atom is -0.318 e. The maximum atomic E-state index is 6.34. The molecule has 1 aromatic carbocycles. The quantitative estimate of drug-likeness (QED) is 0.742. The number of aliphatic imine (C=N–C) groups is 1. The zero-order chi connectivity index (χ0) is 14.4. The van der Waals surface area contributed by atoms with Crippen molar-refractivity contribution in [3.63, 3.8) is 0 Å². The van der Waals surface area contributed by atoms with Gasteiger partial charge >= 0.3 is 0 Å².